The Morgan fingerprint density at radius 3 is 1.10 bits per heavy atom. The van der Waals surface area contributed by atoms with Crippen molar-refractivity contribution in [2.75, 3.05) is 0 Å². The van der Waals surface area contributed by atoms with Gasteiger partial charge in [0.1, 0.15) is 0 Å². The summed E-state index contributed by atoms with van der Waals surface area (Å²) in [4.78, 5) is 0. The maximum atomic E-state index is 2.39. The van der Waals surface area contributed by atoms with Crippen molar-refractivity contribution in [1.82, 2.24) is 9.13 Å². The van der Waals surface area contributed by atoms with Crippen molar-refractivity contribution in [2.45, 2.75) is 0 Å². The number of hydrogen-bond donors (Lipinski definition) is 0. The van der Waals surface area contributed by atoms with Crippen molar-refractivity contribution in [3.05, 3.63) is 231 Å². The van der Waals surface area contributed by atoms with Gasteiger partial charge in [0.05, 0.1) is 22.1 Å². The number of rotatable bonds is 6. The SMILES string of the molecule is c1ccc(-n2c3ccccc3c3ccc(-c4cccc(-c5cccc6cccc(-c7cccc(-c8ccc9c%10ccccc%10n(-c%10ccccc%10)c9c8)c7)c56)c4)cc32)cc1. The van der Waals surface area contributed by atoms with Crippen LogP contribution < -0.4 is 0 Å². The van der Waals surface area contributed by atoms with Crippen molar-refractivity contribution in [3.63, 3.8) is 0 Å². The van der Waals surface area contributed by atoms with Crippen LogP contribution in [0.5, 0.6) is 0 Å². The van der Waals surface area contributed by atoms with Gasteiger partial charge in [-0.3, -0.25) is 0 Å². The molecule has 12 rings (SSSR count). The molecule has 0 saturated heterocycles. The summed E-state index contributed by atoms with van der Waals surface area (Å²) in [6, 6.07) is 84.2. The summed E-state index contributed by atoms with van der Waals surface area (Å²) >= 11 is 0. The van der Waals surface area contributed by atoms with Gasteiger partial charge >= 0.3 is 0 Å². The van der Waals surface area contributed by atoms with E-state index in [2.05, 4.69) is 240 Å². The molecule has 0 aliphatic carbocycles. The monoisotopic (exact) mass is 762 g/mol. The summed E-state index contributed by atoms with van der Waals surface area (Å²) in [6.07, 6.45) is 0. The highest BCUT2D eigenvalue weighted by atomic mass is 15.0. The third-order valence-corrected chi connectivity index (χ3v) is 12.3. The Kier molecular flexibility index (Phi) is 7.89. The van der Waals surface area contributed by atoms with Crippen LogP contribution in [0.3, 0.4) is 0 Å². The van der Waals surface area contributed by atoms with E-state index < -0.39 is 0 Å². The van der Waals surface area contributed by atoms with Crippen LogP contribution >= 0.6 is 0 Å². The fourth-order valence-corrected chi connectivity index (χ4v) is 9.57. The lowest BCUT2D eigenvalue weighted by Crippen LogP contribution is -1.93. The maximum Gasteiger partial charge on any atom is 0.0547 e. The lowest BCUT2D eigenvalue weighted by atomic mass is 9.89. The average molecular weight is 763 g/mol. The molecule has 0 unspecified atom stereocenters. The zero-order chi connectivity index (χ0) is 39.6. The summed E-state index contributed by atoms with van der Waals surface area (Å²) in [5.74, 6) is 0. The third-order valence-electron chi connectivity index (χ3n) is 12.3. The Hall–Kier alpha value is -7.94. The van der Waals surface area contributed by atoms with Gasteiger partial charge < -0.3 is 9.13 Å². The van der Waals surface area contributed by atoms with Crippen LogP contribution in [0.15, 0.2) is 231 Å². The van der Waals surface area contributed by atoms with Gasteiger partial charge in [0.15, 0.2) is 0 Å². The molecule has 60 heavy (non-hydrogen) atoms. The van der Waals surface area contributed by atoms with Gasteiger partial charge in [0.2, 0.25) is 0 Å². The zero-order valence-electron chi connectivity index (χ0n) is 32.8. The largest absolute Gasteiger partial charge is 0.309 e. The molecule has 0 amide bonds. The molecule has 0 N–H and O–H groups in total. The van der Waals surface area contributed by atoms with Crippen LogP contribution in [-0.4, -0.2) is 9.13 Å². The Morgan fingerprint density at radius 2 is 0.617 bits per heavy atom. The summed E-state index contributed by atoms with van der Waals surface area (Å²) < 4.78 is 4.79. The third kappa shape index (κ3) is 5.50. The lowest BCUT2D eigenvalue weighted by molar-refractivity contribution is 1.18. The Labute approximate surface area is 348 Å². The van der Waals surface area contributed by atoms with E-state index >= 15 is 0 Å². The Bertz CT molecular complexity index is 3350. The molecular weight excluding hydrogens is 725 g/mol. The fraction of sp³-hybridized carbons (Fsp3) is 0. The summed E-state index contributed by atoms with van der Waals surface area (Å²) in [7, 11) is 0. The molecule has 2 nitrogen and oxygen atoms in total. The average Bonchev–Trinajstić information content (AvgIpc) is 3.84. The molecule has 0 radical (unpaired) electrons. The topological polar surface area (TPSA) is 9.86 Å². The van der Waals surface area contributed by atoms with Crippen molar-refractivity contribution < 1.29 is 0 Å². The molecule has 2 aromatic heterocycles. The Balaban J connectivity index is 0.973. The van der Waals surface area contributed by atoms with Gasteiger partial charge in [0, 0.05) is 32.9 Å². The number of fused-ring (bicyclic) bond motifs is 7. The van der Waals surface area contributed by atoms with Gasteiger partial charge in [0.25, 0.3) is 0 Å². The van der Waals surface area contributed by atoms with Crippen LogP contribution in [0.1, 0.15) is 0 Å². The van der Waals surface area contributed by atoms with Gasteiger partial charge in [-0.1, -0.05) is 170 Å². The van der Waals surface area contributed by atoms with E-state index in [1.807, 2.05) is 0 Å². The van der Waals surface area contributed by atoms with Crippen LogP contribution in [0.25, 0.3) is 110 Å². The normalized spacial score (nSPS) is 11.7. The zero-order valence-corrected chi connectivity index (χ0v) is 32.8. The molecule has 2 heterocycles. The van der Waals surface area contributed by atoms with Gasteiger partial charge in [-0.15, -0.1) is 0 Å². The highest BCUT2D eigenvalue weighted by Gasteiger charge is 2.17. The molecule has 280 valence electrons. The first-order valence-corrected chi connectivity index (χ1v) is 20.7. The van der Waals surface area contributed by atoms with E-state index in [1.54, 1.807) is 0 Å². The molecule has 2 heteroatoms. The fourth-order valence-electron chi connectivity index (χ4n) is 9.57. The molecule has 0 atom stereocenters. The molecule has 0 aliphatic rings. The summed E-state index contributed by atoms with van der Waals surface area (Å²) in [5, 5.41) is 7.53. The van der Waals surface area contributed by atoms with Crippen molar-refractivity contribution in [2.24, 2.45) is 0 Å². The first-order valence-electron chi connectivity index (χ1n) is 20.7. The predicted octanol–water partition coefficient (Wildman–Crippen LogP) is 15.7. The smallest absolute Gasteiger partial charge is 0.0547 e. The van der Waals surface area contributed by atoms with Crippen molar-refractivity contribution >= 4 is 54.4 Å². The summed E-state index contributed by atoms with van der Waals surface area (Å²) in [6.45, 7) is 0. The number of benzene rings is 10. The standard InChI is InChI=1S/C58H38N2/c1-3-21-46(22-4-1)59-54-29-9-7-25-50(54)52-33-31-42(37-56(52)59)40-17-11-19-44(35-40)48-27-13-15-39-16-14-28-49(58(39)48)45-20-12-18-41(36-45)43-32-34-53-51-26-8-10-30-55(51)60(57(53)38-43)47-23-5-2-6-24-47/h1-38H. The van der Waals surface area contributed by atoms with Crippen LogP contribution in [-0.2, 0) is 0 Å². The first-order chi connectivity index (χ1) is 29.8. The van der Waals surface area contributed by atoms with Crippen LogP contribution in [0.2, 0.25) is 0 Å². The van der Waals surface area contributed by atoms with Crippen molar-refractivity contribution in [1.29, 1.82) is 0 Å². The number of aromatic nitrogens is 2. The highest BCUT2D eigenvalue weighted by Crippen LogP contribution is 2.41. The number of hydrogen-bond acceptors (Lipinski definition) is 0. The highest BCUT2D eigenvalue weighted by molar-refractivity contribution is 6.12. The number of nitrogens with zero attached hydrogens (tertiary/aromatic N) is 2. The van der Waals surface area contributed by atoms with Gasteiger partial charge in [-0.2, -0.15) is 0 Å². The van der Waals surface area contributed by atoms with Crippen molar-refractivity contribution in [3.8, 4) is 55.9 Å². The van der Waals surface area contributed by atoms with E-state index in [9.17, 15) is 0 Å². The van der Waals surface area contributed by atoms with E-state index in [1.165, 1.54) is 98.9 Å². The van der Waals surface area contributed by atoms with Gasteiger partial charge in [-0.05, 0) is 116 Å². The molecule has 0 aliphatic heterocycles. The van der Waals surface area contributed by atoms with Crippen LogP contribution in [0.4, 0.5) is 0 Å². The number of para-hydroxylation sites is 4. The second-order valence-corrected chi connectivity index (χ2v) is 15.7. The molecule has 0 saturated carbocycles. The molecule has 12 aromatic rings. The van der Waals surface area contributed by atoms with Crippen LogP contribution in [0, 0.1) is 0 Å². The minimum Gasteiger partial charge on any atom is -0.309 e. The Morgan fingerprint density at radius 1 is 0.233 bits per heavy atom. The molecule has 0 bridgehead atoms. The maximum absolute atomic E-state index is 2.39. The minimum absolute atomic E-state index is 1.16. The van der Waals surface area contributed by atoms with E-state index in [-0.39, 0.29) is 0 Å². The first kappa shape index (κ1) is 34.1. The van der Waals surface area contributed by atoms with Gasteiger partial charge in [-0.25, -0.2) is 0 Å². The molecule has 10 aromatic carbocycles. The molecule has 0 fully saturated rings. The molecular formula is C58H38N2. The molecule has 0 spiro atoms. The lowest BCUT2D eigenvalue weighted by Gasteiger charge is -2.15. The second-order valence-electron chi connectivity index (χ2n) is 15.7. The van der Waals surface area contributed by atoms with E-state index in [0.717, 1.165) is 11.4 Å². The van der Waals surface area contributed by atoms with E-state index in [0.29, 0.717) is 0 Å². The summed E-state index contributed by atoms with van der Waals surface area (Å²) in [5.41, 5.74) is 16.8. The minimum atomic E-state index is 1.16. The quantitative estimate of drug-likeness (QED) is 0.160. The second kappa shape index (κ2) is 13.9. The predicted molar refractivity (Wildman–Crippen MR) is 254 cm³/mol. The van der Waals surface area contributed by atoms with E-state index in [4.69, 9.17) is 0 Å².